The van der Waals surface area contributed by atoms with Crippen molar-refractivity contribution >= 4 is 39.1 Å². The minimum atomic E-state index is -0.182. The molecule has 1 atom stereocenters. The molecule has 3 aromatic rings. The fourth-order valence-electron chi connectivity index (χ4n) is 3.19. The van der Waals surface area contributed by atoms with Crippen LogP contribution >= 0.6 is 11.3 Å². The first-order chi connectivity index (χ1) is 13.5. The molecular weight excluding hydrogens is 374 g/mol. The smallest absolute Gasteiger partial charge is 0.242 e. The van der Waals surface area contributed by atoms with E-state index >= 15 is 0 Å². The number of thiazole rings is 1. The van der Waals surface area contributed by atoms with Crippen molar-refractivity contribution in [1.82, 2.24) is 9.88 Å². The van der Waals surface area contributed by atoms with E-state index in [1.165, 1.54) is 4.90 Å². The number of fused-ring (bicyclic) bond motifs is 2. The van der Waals surface area contributed by atoms with Gasteiger partial charge in [0.2, 0.25) is 11.8 Å². The molecule has 1 aliphatic rings. The molecule has 2 heterocycles. The molecule has 2 aromatic carbocycles. The lowest BCUT2D eigenvalue weighted by molar-refractivity contribution is -0.132. The molecule has 6 nitrogen and oxygen atoms in total. The summed E-state index contributed by atoms with van der Waals surface area (Å²) >= 11 is 1.58. The summed E-state index contributed by atoms with van der Waals surface area (Å²) in [6.07, 6.45) is 0.249. The zero-order valence-corrected chi connectivity index (χ0v) is 16.6. The average Bonchev–Trinajstić information content (AvgIpc) is 3.08. The van der Waals surface area contributed by atoms with Crippen LogP contribution in [0.1, 0.15) is 24.4 Å². The van der Waals surface area contributed by atoms with Crippen LogP contribution in [0, 0.1) is 0 Å². The van der Waals surface area contributed by atoms with Gasteiger partial charge in [0.15, 0.2) is 0 Å². The molecule has 0 aliphatic carbocycles. The Labute approximate surface area is 167 Å². The van der Waals surface area contributed by atoms with Crippen LogP contribution in [0.4, 0.5) is 5.69 Å². The van der Waals surface area contributed by atoms with Gasteiger partial charge in [-0.25, -0.2) is 4.98 Å². The quantitative estimate of drug-likeness (QED) is 0.677. The van der Waals surface area contributed by atoms with Gasteiger partial charge in [-0.1, -0.05) is 24.3 Å². The van der Waals surface area contributed by atoms with Crippen LogP contribution in [-0.2, 0) is 9.59 Å². The molecule has 4 rings (SSSR count). The summed E-state index contributed by atoms with van der Waals surface area (Å²) in [5.74, 6) is 0.374. The van der Waals surface area contributed by atoms with Gasteiger partial charge in [-0.05, 0) is 31.2 Å². The molecule has 1 aliphatic heterocycles. The maximum atomic E-state index is 13.0. The fourth-order valence-corrected chi connectivity index (χ4v) is 4.25. The molecule has 0 unspecified atom stereocenters. The Balaban J connectivity index is 1.54. The standard InChI is InChI=1S/C21H21N3O3S/c1-14(21-22-15-7-3-6-10-18(15)28-21)23(2)20(26)13-24-16-8-4-5-9-17(16)27-12-11-19(24)25/h3-10,14H,11-13H2,1-2H3/t14-/m0/s1. The molecule has 7 heteroatoms. The van der Waals surface area contributed by atoms with E-state index in [1.807, 2.05) is 55.5 Å². The first-order valence-electron chi connectivity index (χ1n) is 9.18. The first-order valence-corrected chi connectivity index (χ1v) is 9.99. The number of para-hydroxylation sites is 3. The highest BCUT2D eigenvalue weighted by Crippen LogP contribution is 2.32. The second-order valence-electron chi connectivity index (χ2n) is 6.75. The number of amides is 2. The predicted molar refractivity (Wildman–Crippen MR) is 110 cm³/mol. The third kappa shape index (κ3) is 3.45. The monoisotopic (exact) mass is 395 g/mol. The molecular formula is C21H21N3O3S. The maximum Gasteiger partial charge on any atom is 0.242 e. The number of benzene rings is 2. The van der Waals surface area contributed by atoms with Gasteiger partial charge in [0.25, 0.3) is 0 Å². The molecule has 144 valence electrons. The molecule has 0 spiro atoms. The second kappa shape index (κ2) is 7.59. The van der Waals surface area contributed by atoms with Gasteiger partial charge in [-0.3, -0.25) is 14.5 Å². The highest BCUT2D eigenvalue weighted by Gasteiger charge is 2.28. The number of ether oxygens (including phenoxy) is 1. The van der Waals surface area contributed by atoms with E-state index in [4.69, 9.17) is 4.74 Å². The zero-order valence-electron chi connectivity index (χ0n) is 15.8. The van der Waals surface area contributed by atoms with Crippen LogP contribution < -0.4 is 9.64 Å². The minimum absolute atomic E-state index is 0.0229. The fraction of sp³-hybridized carbons (Fsp3) is 0.286. The van der Waals surface area contributed by atoms with E-state index in [0.717, 1.165) is 15.2 Å². The summed E-state index contributed by atoms with van der Waals surface area (Å²) in [6, 6.07) is 15.1. The summed E-state index contributed by atoms with van der Waals surface area (Å²) in [7, 11) is 1.75. The summed E-state index contributed by atoms with van der Waals surface area (Å²) in [5.41, 5.74) is 1.57. The van der Waals surface area contributed by atoms with Crippen molar-refractivity contribution < 1.29 is 14.3 Å². The Hall–Kier alpha value is -2.93. The van der Waals surface area contributed by atoms with Gasteiger partial charge >= 0.3 is 0 Å². The van der Waals surface area contributed by atoms with Crippen LogP contribution in [-0.4, -0.2) is 41.9 Å². The number of likely N-dealkylation sites (N-methyl/N-ethyl adjacent to an activating group) is 1. The number of nitrogens with zero attached hydrogens (tertiary/aromatic N) is 3. The van der Waals surface area contributed by atoms with Gasteiger partial charge in [0, 0.05) is 7.05 Å². The Morgan fingerprint density at radius 3 is 2.82 bits per heavy atom. The van der Waals surface area contributed by atoms with E-state index in [9.17, 15) is 9.59 Å². The summed E-state index contributed by atoms with van der Waals surface area (Å²) in [5, 5.41) is 0.878. The SMILES string of the molecule is C[C@@H](c1nc2ccccc2s1)N(C)C(=O)CN1C(=O)CCOc2ccccc21. The van der Waals surface area contributed by atoms with Crippen molar-refractivity contribution in [2.24, 2.45) is 0 Å². The molecule has 0 saturated carbocycles. The zero-order chi connectivity index (χ0) is 19.7. The van der Waals surface area contributed by atoms with Crippen molar-refractivity contribution in [1.29, 1.82) is 0 Å². The van der Waals surface area contributed by atoms with Crippen molar-refractivity contribution in [3.63, 3.8) is 0 Å². The first kappa shape index (κ1) is 18.4. The number of hydrogen-bond acceptors (Lipinski definition) is 5. The summed E-state index contributed by atoms with van der Waals surface area (Å²) in [4.78, 5) is 33.4. The Morgan fingerprint density at radius 1 is 1.25 bits per heavy atom. The van der Waals surface area contributed by atoms with Crippen LogP contribution in [0.25, 0.3) is 10.2 Å². The highest BCUT2D eigenvalue weighted by molar-refractivity contribution is 7.18. The van der Waals surface area contributed by atoms with Crippen LogP contribution in [0.2, 0.25) is 0 Å². The molecule has 0 saturated heterocycles. The average molecular weight is 395 g/mol. The molecule has 0 bridgehead atoms. The van der Waals surface area contributed by atoms with Crippen molar-refractivity contribution in [3.05, 3.63) is 53.5 Å². The topological polar surface area (TPSA) is 62.7 Å². The van der Waals surface area contributed by atoms with Gasteiger partial charge in [0.05, 0.1) is 35.0 Å². The molecule has 2 amide bonds. The van der Waals surface area contributed by atoms with E-state index in [0.29, 0.717) is 18.0 Å². The number of aromatic nitrogens is 1. The number of rotatable bonds is 4. The van der Waals surface area contributed by atoms with Crippen molar-refractivity contribution in [3.8, 4) is 5.75 Å². The lowest BCUT2D eigenvalue weighted by atomic mass is 10.2. The lowest BCUT2D eigenvalue weighted by Gasteiger charge is -2.27. The van der Waals surface area contributed by atoms with Gasteiger partial charge in [-0.15, -0.1) is 11.3 Å². The van der Waals surface area contributed by atoms with E-state index in [-0.39, 0.29) is 30.8 Å². The second-order valence-corrected chi connectivity index (χ2v) is 7.81. The van der Waals surface area contributed by atoms with Gasteiger partial charge in [-0.2, -0.15) is 0 Å². The molecule has 1 aromatic heterocycles. The van der Waals surface area contributed by atoms with Crippen LogP contribution in [0.3, 0.4) is 0 Å². The predicted octanol–water partition coefficient (Wildman–Crippen LogP) is 3.63. The number of carbonyl (C=O) groups excluding carboxylic acids is 2. The van der Waals surface area contributed by atoms with E-state index < -0.39 is 0 Å². The van der Waals surface area contributed by atoms with Gasteiger partial charge < -0.3 is 9.64 Å². The third-order valence-corrected chi connectivity index (χ3v) is 6.17. The Kier molecular flexibility index (Phi) is 5.00. The van der Waals surface area contributed by atoms with E-state index in [2.05, 4.69) is 4.98 Å². The third-order valence-electron chi connectivity index (χ3n) is 4.97. The summed E-state index contributed by atoms with van der Waals surface area (Å²) in [6.45, 7) is 2.25. The normalized spacial score (nSPS) is 14.9. The van der Waals surface area contributed by atoms with Crippen LogP contribution in [0.15, 0.2) is 48.5 Å². The molecule has 28 heavy (non-hydrogen) atoms. The Bertz CT molecular complexity index is 999. The number of anilines is 1. The van der Waals surface area contributed by atoms with Crippen molar-refractivity contribution in [2.75, 3.05) is 25.1 Å². The van der Waals surface area contributed by atoms with Crippen LogP contribution in [0.5, 0.6) is 5.75 Å². The number of hydrogen-bond donors (Lipinski definition) is 0. The van der Waals surface area contributed by atoms with Crippen molar-refractivity contribution in [2.45, 2.75) is 19.4 Å². The molecule has 0 fully saturated rings. The maximum absolute atomic E-state index is 13.0. The molecule has 0 radical (unpaired) electrons. The largest absolute Gasteiger partial charge is 0.491 e. The number of carbonyl (C=O) groups is 2. The molecule has 0 N–H and O–H groups in total. The van der Waals surface area contributed by atoms with E-state index in [1.54, 1.807) is 23.3 Å². The highest BCUT2D eigenvalue weighted by atomic mass is 32.1. The van der Waals surface area contributed by atoms with Gasteiger partial charge in [0.1, 0.15) is 17.3 Å². The minimum Gasteiger partial charge on any atom is -0.491 e. The Morgan fingerprint density at radius 2 is 2.00 bits per heavy atom. The summed E-state index contributed by atoms with van der Waals surface area (Å²) < 4.78 is 6.74. The lowest BCUT2D eigenvalue weighted by Crippen LogP contribution is -2.42.